The van der Waals surface area contributed by atoms with Crippen LogP contribution in [-0.4, -0.2) is 17.4 Å². The number of carbonyl (C=O) groups is 1. The summed E-state index contributed by atoms with van der Waals surface area (Å²) in [5.74, 6) is 0.757. The topological polar surface area (TPSA) is 81.1 Å². The smallest absolute Gasteiger partial charge is 0.264 e. The minimum atomic E-state index is -0.374. The first-order valence-electron chi connectivity index (χ1n) is 8.09. The lowest BCUT2D eigenvalue weighted by Gasteiger charge is -2.14. The van der Waals surface area contributed by atoms with E-state index in [4.69, 9.17) is 10.2 Å². The summed E-state index contributed by atoms with van der Waals surface area (Å²) in [6.45, 7) is 2.41. The van der Waals surface area contributed by atoms with Crippen LogP contribution in [0.25, 0.3) is 11.0 Å². The second-order valence-electron chi connectivity index (χ2n) is 6.25. The molecule has 2 heterocycles. The van der Waals surface area contributed by atoms with Crippen LogP contribution in [0.5, 0.6) is 0 Å². The Balaban J connectivity index is 1.59. The van der Waals surface area contributed by atoms with Crippen molar-refractivity contribution in [2.75, 3.05) is 6.54 Å². The average molecular weight is 341 g/mol. The highest BCUT2D eigenvalue weighted by atomic mass is 32.1. The largest absolute Gasteiger partial charge is 0.459 e. The van der Waals surface area contributed by atoms with E-state index in [0.29, 0.717) is 17.8 Å². The summed E-state index contributed by atoms with van der Waals surface area (Å²) in [4.78, 5) is 17.8. The van der Waals surface area contributed by atoms with Gasteiger partial charge in [0.05, 0.1) is 16.2 Å². The van der Waals surface area contributed by atoms with Gasteiger partial charge in [-0.3, -0.25) is 4.79 Å². The van der Waals surface area contributed by atoms with Crippen molar-refractivity contribution < 1.29 is 9.21 Å². The van der Waals surface area contributed by atoms with Gasteiger partial charge in [-0.2, -0.15) is 0 Å². The fourth-order valence-corrected chi connectivity index (χ4v) is 3.92. The molecule has 1 amide bonds. The van der Waals surface area contributed by atoms with Gasteiger partial charge in [-0.25, -0.2) is 4.98 Å². The Bertz CT molecular complexity index is 875. The predicted octanol–water partition coefficient (Wildman–Crippen LogP) is 3.12. The maximum Gasteiger partial charge on any atom is 0.264 e. The number of nitrogens with zero attached hydrogens (tertiary/aromatic N) is 1. The lowest BCUT2D eigenvalue weighted by atomic mass is 10.1. The van der Waals surface area contributed by atoms with Crippen molar-refractivity contribution in [1.82, 2.24) is 10.3 Å². The van der Waals surface area contributed by atoms with Crippen molar-refractivity contribution in [3.05, 3.63) is 51.7 Å². The van der Waals surface area contributed by atoms with Crippen LogP contribution in [-0.2, 0) is 12.0 Å². The molecule has 1 fully saturated rings. The fraction of sp³-hybridized carbons (Fsp3) is 0.333. The first kappa shape index (κ1) is 15.4. The van der Waals surface area contributed by atoms with Crippen molar-refractivity contribution in [1.29, 1.82) is 0 Å². The average Bonchev–Trinajstić information content (AvgIpc) is 3.05. The van der Waals surface area contributed by atoms with E-state index in [1.807, 2.05) is 37.3 Å². The molecule has 3 aromatic rings. The molecule has 4 rings (SSSR count). The molecule has 6 heteroatoms. The number of fused-ring (bicyclic) bond motifs is 1. The SMILES string of the molecule is Cc1nc(CCN)sc1C(=O)NC1(c2cc3ccccc3o2)CC1. The van der Waals surface area contributed by atoms with Crippen LogP contribution in [0.4, 0.5) is 0 Å². The third-order valence-corrected chi connectivity index (χ3v) is 5.62. The third kappa shape index (κ3) is 2.61. The Morgan fingerprint density at radius 3 is 2.92 bits per heavy atom. The quantitative estimate of drug-likeness (QED) is 0.747. The van der Waals surface area contributed by atoms with Gasteiger partial charge in [0.15, 0.2) is 0 Å². The summed E-state index contributed by atoms with van der Waals surface area (Å²) in [5, 5.41) is 5.14. The lowest BCUT2D eigenvalue weighted by Crippen LogP contribution is -2.34. The highest BCUT2D eigenvalue weighted by Crippen LogP contribution is 2.47. The van der Waals surface area contributed by atoms with Gasteiger partial charge in [0.2, 0.25) is 0 Å². The summed E-state index contributed by atoms with van der Waals surface area (Å²) in [5.41, 5.74) is 6.82. The van der Waals surface area contributed by atoms with Crippen LogP contribution < -0.4 is 11.1 Å². The standard InChI is InChI=1S/C18H19N3O2S/c1-11-16(24-15(20-11)6-9-19)17(22)21-18(7-8-18)14-10-12-4-2-3-5-13(12)23-14/h2-5,10H,6-9,19H2,1H3,(H,21,22). The van der Waals surface area contributed by atoms with Gasteiger partial charge in [0.25, 0.3) is 5.91 Å². The fourth-order valence-electron chi connectivity index (χ4n) is 2.94. The molecular weight excluding hydrogens is 322 g/mol. The minimum Gasteiger partial charge on any atom is -0.459 e. The number of hydrogen-bond donors (Lipinski definition) is 2. The van der Waals surface area contributed by atoms with Crippen LogP contribution in [0.2, 0.25) is 0 Å². The second-order valence-corrected chi connectivity index (χ2v) is 7.33. The molecule has 0 saturated heterocycles. The van der Waals surface area contributed by atoms with Gasteiger partial charge in [-0.1, -0.05) is 18.2 Å². The van der Waals surface area contributed by atoms with Gasteiger partial charge in [0.1, 0.15) is 16.2 Å². The highest BCUT2D eigenvalue weighted by Gasteiger charge is 2.49. The maximum atomic E-state index is 12.7. The zero-order valence-corrected chi connectivity index (χ0v) is 14.3. The number of furan rings is 1. The number of rotatable bonds is 5. The molecule has 124 valence electrons. The molecule has 0 unspecified atom stereocenters. The summed E-state index contributed by atoms with van der Waals surface area (Å²) < 4.78 is 5.96. The van der Waals surface area contributed by atoms with Gasteiger partial charge >= 0.3 is 0 Å². The third-order valence-electron chi connectivity index (χ3n) is 4.41. The summed E-state index contributed by atoms with van der Waals surface area (Å²) >= 11 is 1.43. The number of nitrogens with two attached hydrogens (primary N) is 1. The molecule has 0 radical (unpaired) electrons. The maximum absolute atomic E-state index is 12.7. The molecule has 5 nitrogen and oxygen atoms in total. The van der Waals surface area contributed by atoms with Crippen LogP contribution in [0.3, 0.4) is 0 Å². The van der Waals surface area contributed by atoms with E-state index < -0.39 is 0 Å². The van der Waals surface area contributed by atoms with E-state index in [1.165, 1.54) is 11.3 Å². The number of aromatic nitrogens is 1. The monoisotopic (exact) mass is 341 g/mol. The molecule has 0 atom stereocenters. The second kappa shape index (κ2) is 5.72. The van der Waals surface area contributed by atoms with Crippen molar-refractivity contribution in [2.45, 2.75) is 31.7 Å². The number of nitrogens with one attached hydrogen (secondary N) is 1. The molecule has 2 aromatic heterocycles. The summed E-state index contributed by atoms with van der Waals surface area (Å²) in [6, 6.07) is 9.94. The van der Waals surface area contributed by atoms with E-state index in [9.17, 15) is 4.79 Å². The summed E-state index contributed by atoms with van der Waals surface area (Å²) in [6.07, 6.45) is 2.49. The number of hydrogen-bond acceptors (Lipinski definition) is 5. The molecule has 0 aliphatic heterocycles. The molecule has 0 spiro atoms. The van der Waals surface area contributed by atoms with Crippen LogP contribution in [0.15, 0.2) is 34.7 Å². The Hall–Kier alpha value is -2.18. The van der Waals surface area contributed by atoms with E-state index >= 15 is 0 Å². The zero-order valence-electron chi connectivity index (χ0n) is 13.5. The summed E-state index contributed by atoms with van der Waals surface area (Å²) in [7, 11) is 0. The highest BCUT2D eigenvalue weighted by molar-refractivity contribution is 7.13. The Morgan fingerprint density at radius 1 is 1.42 bits per heavy atom. The zero-order chi connectivity index (χ0) is 16.7. The van der Waals surface area contributed by atoms with Crippen molar-refractivity contribution in [3.63, 3.8) is 0 Å². The van der Waals surface area contributed by atoms with Crippen molar-refractivity contribution in [3.8, 4) is 0 Å². The number of aryl methyl sites for hydroxylation is 1. The van der Waals surface area contributed by atoms with Crippen LogP contribution in [0.1, 0.15) is 39.0 Å². The van der Waals surface area contributed by atoms with E-state index in [0.717, 1.165) is 40.3 Å². The molecule has 1 aliphatic rings. The van der Waals surface area contributed by atoms with E-state index in [2.05, 4.69) is 10.3 Å². The molecule has 0 bridgehead atoms. The van der Waals surface area contributed by atoms with Gasteiger partial charge in [-0.15, -0.1) is 11.3 Å². The van der Waals surface area contributed by atoms with E-state index in [1.54, 1.807) is 0 Å². The number of benzene rings is 1. The molecule has 1 saturated carbocycles. The van der Waals surface area contributed by atoms with Crippen molar-refractivity contribution in [2.24, 2.45) is 5.73 Å². The Kier molecular flexibility index (Phi) is 3.66. The molecule has 1 aromatic carbocycles. The minimum absolute atomic E-state index is 0.0776. The Morgan fingerprint density at radius 2 is 2.21 bits per heavy atom. The number of thiazole rings is 1. The van der Waals surface area contributed by atoms with Crippen LogP contribution >= 0.6 is 11.3 Å². The molecule has 24 heavy (non-hydrogen) atoms. The molecule has 1 aliphatic carbocycles. The van der Waals surface area contributed by atoms with Crippen molar-refractivity contribution >= 4 is 28.2 Å². The van der Waals surface area contributed by atoms with Crippen LogP contribution in [0, 0.1) is 6.92 Å². The normalized spacial score (nSPS) is 15.6. The van der Waals surface area contributed by atoms with Gasteiger partial charge < -0.3 is 15.5 Å². The molecular formula is C18H19N3O2S. The molecule has 3 N–H and O–H groups in total. The number of para-hydroxylation sites is 1. The van der Waals surface area contributed by atoms with Gasteiger partial charge in [-0.05, 0) is 38.4 Å². The number of amides is 1. The predicted molar refractivity (Wildman–Crippen MR) is 94.2 cm³/mol. The first-order chi connectivity index (χ1) is 11.6. The van der Waals surface area contributed by atoms with Gasteiger partial charge in [0, 0.05) is 11.8 Å². The Labute approximate surface area is 143 Å². The lowest BCUT2D eigenvalue weighted by molar-refractivity contribution is 0.0928. The van der Waals surface area contributed by atoms with E-state index in [-0.39, 0.29) is 11.4 Å². The first-order valence-corrected chi connectivity index (χ1v) is 8.91. The number of carbonyl (C=O) groups excluding carboxylic acids is 1.